The molecule has 1 aliphatic carbocycles. The molecule has 1 unspecified atom stereocenters. The molecule has 17 heavy (non-hydrogen) atoms. The zero-order chi connectivity index (χ0) is 12.7. The molecule has 0 amide bonds. The Kier molecular flexibility index (Phi) is 6.20. The number of thiocarbonyl (C=S) groups is 1. The van der Waals surface area contributed by atoms with Gasteiger partial charge >= 0.3 is 0 Å². The molecule has 0 radical (unpaired) electrons. The van der Waals surface area contributed by atoms with E-state index in [0.717, 1.165) is 11.7 Å². The maximum absolute atomic E-state index is 5.30. The molecule has 0 saturated heterocycles. The minimum absolute atomic E-state index is 0.265. The summed E-state index contributed by atoms with van der Waals surface area (Å²) in [5.41, 5.74) is 0.482. The lowest BCUT2D eigenvalue weighted by atomic mass is 9.83. The number of methoxy groups -OCH3 is 1. The number of hydrogen-bond donors (Lipinski definition) is 2. The molecule has 1 saturated carbocycles. The van der Waals surface area contributed by atoms with E-state index in [4.69, 9.17) is 17.0 Å². The predicted molar refractivity (Wildman–Crippen MR) is 76.3 cm³/mol. The minimum Gasteiger partial charge on any atom is -0.383 e. The quantitative estimate of drug-likeness (QED) is 0.717. The van der Waals surface area contributed by atoms with E-state index in [9.17, 15) is 0 Å². The fraction of sp³-hybridized carbons (Fsp3) is 0.923. The molecule has 0 spiro atoms. The van der Waals surface area contributed by atoms with Gasteiger partial charge in [-0.05, 0) is 43.8 Å². The van der Waals surface area contributed by atoms with E-state index in [-0.39, 0.29) is 6.04 Å². The molecule has 0 aromatic heterocycles. The smallest absolute Gasteiger partial charge is 0.166 e. The van der Waals surface area contributed by atoms with Crippen molar-refractivity contribution in [2.45, 2.75) is 52.0 Å². The lowest BCUT2D eigenvalue weighted by Crippen LogP contribution is -2.45. The topological polar surface area (TPSA) is 33.3 Å². The minimum atomic E-state index is 0.265. The van der Waals surface area contributed by atoms with Crippen molar-refractivity contribution < 1.29 is 4.74 Å². The van der Waals surface area contributed by atoms with E-state index >= 15 is 0 Å². The molecule has 2 N–H and O–H groups in total. The van der Waals surface area contributed by atoms with Crippen LogP contribution in [0.1, 0.15) is 46.0 Å². The molecule has 100 valence electrons. The van der Waals surface area contributed by atoms with Crippen LogP contribution in [0.3, 0.4) is 0 Å². The van der Waals surface area contributed by atoms with Gasteiger partial charge in [-0.25, -0.2) is 0 Å². The monoisotopic (exact) mass is 258 g/mol. The van der Waals surface area contributed by atoms with Crippen molar-refractivity contribution in [3.05, 3.63) is 0 Å². The van der Waals surface area contributed by atoms with Gasteiger partial charge in [0, 0.05) is 19.7 Å². The maximum atomic E-state index is 5.30. The molecule has 0 aromatic rings. The van der Waals surface area contributed by atoms with Gasteiger partial charge in [0.25, 0.3) is 0 Å². The Morgan fingerprint density at radius 2 is 2.06 bits per heavy atom. The summed E-state index contributed by atoms with van der Waals surface area (Å²) in [5.74, 6) is 0. The van der Waals surface area contributed by atoms with Crippen molar-refractivity contribution in [3.63, 3.8) is 0 Å². The third kappa shape index (κ3) is 4.80. The highest BCUT2D eigenvalue weighted by atomic mass is 32.1. The Balaban J connectivity index is 2.27. The van der Waals surface area contributed by atoms with Gasteiger partial charge in [0.05, 0.1) is 6.61 Å². The van der Waals surface area contributed by atoms with E-state index in [1.54, 1.807) is 7.11 Å². The summed E-state index contributed by atoms with van der Waals surface area (Å²) in [6, 6.07) is 0.265. The molecule has 1 aliphatic rings. The second-order valence-electron chi connectivity index (χ2n) is 5.24. The average molecular weight is 258 g/mol. The highest BCUT2D eigenvalue weighted by molar-refractivity contribution is 7.80. The SMILES string of the molecule is CCC1(CNC(=S)NC(C)COC)CCCC1. The number of hydrogen-bond acceptors (Lipinski definition) is 2. The summed E-state index contributed by atoms with van der Waals surface area (Å²) < 4.78 is 5.07. The Bertz CT molecular complexity index is 240. The summed E-state index contributed by atoms with van der Waals surface area (Å²) in [6.07, 6.45) is 6.67. The van der Waals surface area contributed by atoms with E-state index in [0.29, 0.717) is 12.0 Å². The van der Waals surface area contributed by atoms with Gasteiger partial charge in [-0.2, -0.15) is 0 Å². The van der Waals surface area contributed by atoms with Gasteiger partial charge in [0.15, 0.2) is 5.11 Å². The van der Waals surface area contributed by atoms with Crippen LogP contribution in [0.2, 0.25) is 0 Å². The number of ether oxygens (including phenoxy) is 1. The second kappa shape index (κ2) is 7.17. The molecular formula is C13H26N2OS. The van der Waals surface area contributed by atoms with Gasteiger partial charge in [0.2, 0.25) is 0 Å². The van der Waals surface area contributed by atoms with Crippen molar-refractivity contribution in [3.8, 4) is 0 Å². The zero-order valence-corrected chi connectivity index (χ0v) is 12.2. The summed E-state index contributed by atoms with van der Waals surface area (Å²) in [5, 5.41) is 7.37. The van der Waals surface area contributed by atoms with Crippen LogP contribution in [0, 0.1) is 5.41 Å². The second-order valence-corrected chi connectivity index (χ2v) is 5.65. The van der Waals surface area contributed by atoms with E-state index in [1.165, 1.54) is 32.1 Å². The van der Waals surface area contributed by atoms with Crippen LogP contribution in [0.15, 0.2) is 0 Å². The first kappa shape index (κ1) is 14.7. The fourth-order valence-electron chi connectivity index (χ4n) is 2.61. The summed E-state index contributed by atoms with van der Waals surface area (Å²) in [4.78, 5) is 0. The van der Waals surface area contributed by atoms with Crippen molar-refractivity contribution >= 4 is 17.3 Å². The molecule has 1 rings (SSSR count). The Morgan fingerprint density at radius 1 is 1.41 bits per heavy atom. The molecule has 1 atom stereocenters. The van der Waals surface area contributed by atoms with Crippen LogP contribution in [0.5, 0.6) is 0 Å². The average Bonchev–Trinajstić information content (AvgIpc) is 2.76. The van der Waals surface area contributed by atoms with Crippen molar-refractivity contribution in [1.29, 1.82) is 0 Å². The van der Waals surface area contributed by atoms with Crippen LogP contribution < -0.4 is 10.6 Å². The Hall–Kier alpha value is -0.350. The van der Waals surface area contributed by atoms with E-state index < -0.39 is 0 Å². The third-order valence-corrected chi connectivity index (χ3v) is 4.09. The van der Waals surface area contributed by atoms with Crippen LogP contribution in [0.25, 0.3) is 0 Å². The van der Waals surface area contributed by atoms with Crippen molar-refractivity contribution in [1.82, 2.24) is 10.6 Å². The van der Waals surface area contributed by atoms with Crippen molar-refractivity contribution in [2.24, 2.45) is 5.41 Å². The van der Waals surface area contributed by atoms with Gasteiger partial charge in [0.1, 0.15) is 0 Å². The summed E-state index contributed by atoms with van der Waals surface area (Å²) >= 11 is 5.30. The highest BCUT2D eigenvalue weighted by Gasteiger charge is 2.31. The first-order valence-corrected chi connectivity index (χ1v) is 7.06. The first-order valence-electron chi connectivity index (χ1n) is 6.65. The maximum Gasteiger partial charge on any atom is 0.166 e. The lowest BCUT2D eigenvalue weighted by molar-refractivity contribution is 0.179. The van der Waals surface area contributed by atoms with Crippen LogP contribution in [0.4, 0.5) is 0 Å². The lowest BCUT2D eigenvalue weighted by Gasteiger charge is -2.29. The van der Waals surface area contributed by atoms with E-state index in [1.807, 2.05) is 0 Å². The van der Waals surface area contributed by atoms with Gasteiger partial charge in [-0.3, -0.25) is 0 Å². The normalized spacial score (nSPS) is 19.9. The fourth-order valence-corrected chi connectivity index (χ4v) is 2.89. The largest absolute Gasteiger partial charge is 0.383 e. The number of nitrogens with one attached hydrogen (secondary N) is 2. The molecule has 0 bridgehead atoms. The van der Waals surface area contributed by atoms with Crippen LogP contribution in [-0.2, 0) is 4.74 Å². The van der Waals surface area contributed by atoms with Gasteiger partial charge < -0.3 is 15.4 Å². The molecule has 3 nitrogen and oxygen atoms in total. The van der Waals surface area contributed by atoms with Crippen LogP contribution >= 0.6 is 12.2 Å². The summed E-state index contributed by atoms with van der Waals surface area (Å²) in [7, 11) is 1.71. The molecule has 0 aliphatic heterocycles. The predicted octanol–water partition coefficient (Wildman–Crippen LogP) is 2.46. The van der Waals surface area contributed by atoms with Gasteiger partial charge in [-0.15, -0.1) is 0 Å². The molecule has 1 fully saturated rings. The number of rotatable bonds is 6. The molecular weight excluding hydrogens is 232 g/mol. The van der Waals surface area contributed by atoms with Crippen LogP contribution in [-0.4, -0.2) is 31.4 Å². The molecule has 0 aromatic carbocycles. The highest BCUT2D eigenvalue weighted by Crippen LogP contribution is 2.40. The molecule has 4 heteroatoms. The third-order valence-electron chi connectivity index (χ3n) is 3.83. The summed E-state index contributed by atoms with van der Waals surface area (Å²) in [6.45, 7) is 6.05. The molecule has 0 heterocycles. The van der Waals surface area contributed by atoms with E-state index in [2.05, 4.69) is 24.5 Å². The first-order chi connectivity index (χ1) is 8.12. The van der Waals surface area contributed by atoms with Crippen molar-refractivity contribution in [2.75, 3.05) is 20.3 Å². The zero-order valence-electron chi connectivity index (χ0n) is 11.3. The standard InChI is InChI=1S/C13H26N2OS/c1-4-13(7-5-6-8-13)10-14-12(17)15-11(2)9-16-3/h11H,4-10H2,1-3H3,(H2,14,15,17). The van der Waals surface area contributed by atoms with Gasteiger partial charge in [-0.1, -0.05) is 19.8 Å². The Morgan fingerprint density at radius 3 is 2.59 bits per heavy atom. The Labute approximate surface area is 111 Å².